The molecule has 0 aliphatic carbocycles. The van der Waals surface area contributed by atoms with E-state index in [1.807, 2.05) is 26.0 Å². The molecule has 0 saturated carbocycles. The summed E-state index contributed by atoms with van der Waals surface area (Å²) >= 11 is 0. The minimum atomic E-state index is -5.43. The Labute approximate surface area is 155 Å². The first-order chi connectivity index (χ1) is 12.6. The molecule has 1 N–H and O–H groups in total. The largest absolute Gasteiger partial charge is 0.501 e. The number of carbonyl (C=O) groups excluding carboxylic acids is 1. The predicted molar refractivity (Wildman–Crippen MR) is 97.6 cm³/mol. The molecule has 5 nitrogen and oxygen atoms in total. The molecule has 9 heteroatoms. The van der Waals surface area contributed by atoms with Gasteiger partial charge in [-0.1, -0.05) is 0 Å². The van der Waals surface area contributed by atoms with Crippen LogP contribution in [-0.4, -0.2) is 32.9 Å². The highest BCUT2D eigenvalue weighted by Crippen LogP contribution is 2.30. The fourth-order valence-electron chi connectivity index (χ4n) is 2.47. The van der Waals surface area contributed by atoms with Gasteiger partial charge in [-0.05, 0) is 62.4 Å². The summed E-state index contributed by atoms with van der Waals surface area (Å²) in [5, 5.41) is 2.62. The molecular weight excluding hydrogens is 381 g/mol. The Morgan fingerprint density at radius 2 is 1.48 bits per heavy atom. The minimum Gasteiger partial charge on any atom is -0.372 e. The van der Waals surface area contributed by atoms with E-state index in [1.54, 1.807) is 12.1 Å². The van der Waals surface area contributed by atoms with Gasteiger partial charge >= 0.3 is 5.51 Å². The van der Waals surface area contributed by atoms with Crippen LogP contribution in [0.2, 0.25) is 0 Å². The molecule has 0 atom stereocenters. The van der Waals surface area contributed by atoms with E-state index in [-0.39, 0.29) is 5.56 Å². The summed E-state index contributed by atoms with van der Waals surface area (Å²) in [6.45, 7) is 5.74. The second kappa shape index (κ2) is 7.99. The van der Waals surface area contributed by atoms with Crippen molar-refractivity contribution in [1.29, 1.82) is 0 Å². The van der Waals surface area contributed by atoms with Gasteiger partial charge in [-0.25, -0.2) is 8.42 Å². The number of hydrogen-bond donors (Lipinski definition) is 1. The van der Waals surface area contributed by atoms with E-state index in [9.17, 15) is 26.4 Å². The number of alkyl halides is 3. The molecular formula is C18H19F3N2O3S. The van der Waals surface area contributed by atoms with Crippen molar-refractivity contribution in [3.8, 4) is 0 Å². The van der Waals surface area contributed by atoms with Crippen molar-refractivity contribution in [1.82, 2.24) is 0 Å². The van der Waals surface area contributed by atoms with Crippen molar-refractivity contribution in [2.24, 2.45) is 0 Å². The van der Waals surface area contributed by atoms with Crippen molar-refractivity contribution in [2.75, 3.05) is 23.3 Å². The average Bonchev–Trinajstić information content (AvgIpc) is 2.63. The van der Waals surface area contributed by atoms with Gasteiger partial charge in [0.15, 0.2) is 0 Å². The summed E-state index contributed by atoms with van der Waals surface area (Å²) in [5.41, 5.74) is -3.82. The van der Waals surface area contributed by atoms with Gasteiger partial charge in [-0.15, -0.1) is 0 Å². The number of sulfone groups is 1. The number of nitrogens with zero attached hydrogens (tertiary/aromatic N) is 1. The van der Waals surface area contributed by atoms with Gasteiger partial charge in [0.2, 0.25) is 0 Å². The van der Waals surface area contributed by atoms with Gasteiger partial charge in [0.05, 0.1) is 4.90 Å². The summed E-state index contributed by atoms with van der Waals surface area (Å²) in [4.78, 5) is 13.4. The lowest BCUT2D eigenvalue weighted by molar-refractivity contribution is -0.0436. The molecule has 146 valence electrons. The summed E-state index contributed by atoms with van der Waals surface area (Å²) in [6, 6.07) is 10.7. The standard InChI is InChI=1S/C18H19F3N2O3S/c1-3-23(4-2)15-9-7-14(8-10-15)22-17(24)13-5-11-16(12-6-13)27(25,26)18(19,20)21/h5-12H,3-4H2,1-2H3,(H,22,24). The molecule has 0 aliphatic heterocycles. The van der Waals surface area contributed by atoms with Crippen molar-refractivity contribution < 1.29 is 26.4 Å². The Morgan fingerprint density at radius 1 is 0.963 bits per heavy atom. The number of halogens is 3. The van der Waals surface area contributed by atoms with E-state index in [0.29, 0.717) is 5.69 Å². The van der Waals surface area contributed by atoms with E-state index in [1.165, 1.54) is 0 Å². The number of rotatable bonds is 6. The summed E-state index contributed by atoms with van der Waals surface area (Å²) in [7, 11) is -5.43. The number of nitrogens with one attached hydrogen (secondary N) is 1. The SMILES string of the molecule is CCN(CC)c1ccc(NC(=O)c2ccc(S(=O)(=O)C(F)(F)F)cc2)cc1. The topological polar surface area (TPSA) is 66.5 Å². The van der Waals surface area contributed by atoms with E-state index in [0.717, 1.165) is 43.0 Å². The zero-order chi connectivity index (χ0) is 20.2. The molecule has 27 heavy (non-hydrogen) atoms. The molecule has 0 fully saturated rings. The van der Waals surface area contributed by atoms with Crippen LogP contribution < -0.4 is 10.2 Å². The molecule has 0 bridgehead atoms. The number of amides is 1. The van der Waals surface area contributed by atoms with Crippen molar-refractivity contribution in [3.05, 3.63) is 54.1 Å². The number of hydrogen-bond acceptors (Lipinski definition) is 4. The average molecular weight is 400 g/mol. The fraction of sp³-hybridized carbons (Fsp3) is 0.278. The normalized spacial score (nSPS) is 11.9. The second-order valence-corrected chi connectivity index (χ2v) is 7.59. The van der Waals surface area contributed by atoms with Crippen LogP contribution >= 0.6 is 0 Å². The van der Waals surface area contributed by atoms with E-state index in [2.05, 4.69) is 10.2 Å². The van der Waals surface area contributed by atoms with E-state index < -0.39 is 26.1 Å². The summed E-state index contributed by atoms with van der Waals surface area (Å²) in [5.74, 6) is -0.554. The van der Waals surface area contributed by atoms with Crippen LogP contribution in [0.15, 0.2) is 53.4 Å². The predicted octanol–water partition coefficient (Wildman–Crippen LogP) is 4.08. The van der Waals surface area contributed by atoms with Crippen molar-refractivity contribution in [3.63, 3.8) is 0 Å². The lowest BCUT2D eigenvalue weighted by Crippen LogP contribution is -2.23. The smallest absolute Gasteiger partial charge is 0.372 e. The molecule has 2 rings (SSSR count). The quantitative estimate of drug-likeness (QED) is 0.794. The third-order valence-corrected chi connectivity index (χ3v) is 5.49. The molecule has 2 aromatic carbocycles. The molecule has 0 radical (unpaired) electrons. The van der Waals surface area contributed by atoms with Crippen LogP contribution in [-0.2, 0) is 9.84 Å². The van der Waals surface area contributed by atoms with Crippen LogP contribution in [0.25, 0.3) is 0 Å². The van der Waals surface area contributed by atoms with E-state index >= 15 is 0 Å². The third-order valence-electron chi connectivity index (χ3n) is 3.99. The third kappa shape index (κ3) is 4.60. The van der Waals surface area contributed by atoms with Gasteiger partial charge in [0, 0.05) is 30.0 Å². The highest BCUT2D eigenvalue weighted by Gasteiger charge is 2.46. The van der Waals surface area contributed by atoms with Gasteiger partial charge in [-0.3, -0.25) is 4.79 Å². The Hall–Kier alpha value is -2.55. The molecule has 0 aromatic heterocycles. The van der Waals surface area contributed by atoms with Crippen molar-refractivity contribution >= 4 is 27.1 Å². The van der Waals surface area contributed by atoms with Crippen LogP contribution in [0.3, 0.4) is 0 Å². The van der Waals surface area contributed by atoms with Crippen LogP contribution in [0, 0.1) is 0 Å². The zero-order valence-corrected chi connectivity index (χ0v) is 15.6. The summed E-state index contributed by atoms with van der Waals surface area (Å²) in [6.07, 6.45) is 0. The first-order valence-electron chi connectivity index (χ1n) is 8.18. The molecule has 0 saturated heterocycles. The Kier molecular flexibility index (Phi) is 6.15. The molecule has 0 heterocycles. The molecule has 0 spiro atoms. The fourth-order valence-corrected chi connectivity index (χ4v) is 3.23. The minimum absolute atomic E-state index is 0.0453. The molecule has 1 amide bonds. The van der Waals surface area contributed by atoms with Crippen LogP contribution in [0.5, 0.6) is 0 Å². The monoisotopic (exact) mass is 400 g/mol. The zero-order valence-electron chi connectivity index (χ0n) is 14.7. The summed E-state index contributed by atoms with van der Waals surface area (Å²) < 4.78 is 60.3. The highest BCUT2D eigenvalue weighted by atomic mass is 32.2. The Morgan fingerprint density at radius 3 is 1.93 bits per heavy atom. The maximum absolute atomic E-state index is 12.5. The highest BCUT2D eigenvalue weighted by molar-refractivity contribution is 7.92. The van der Waals surface area contributed by atoms with Gasteiger partial charge in [-0.2, -0.15) is 13.2 Å². The maximum Gasteiger partial charge on any atom is 0.501 e. The second-order valence-electron chi connectivity index (χ2n) is 5.65. The van der Waals surface area contributed by atoms with Crippen LogP contribution in [0.4, 0.5) is 24.5 Å². The molecule has 2 aromatic rings. The van der Waals surface area contributed by atoms with Gasteiger partial charge in [0.25, 0.3) is 15.7 Å². The first-order valence-corrected chi connectivity index (χ1v) is 9.66. The molecule has 0 unspecified atom stereocenters. The lowest BCUT2D eigenvalue weighted by atomic mass is 10.2. The number of anilines is 2. The number of benzene rings is 2. The van der Waals surface area contributed by atoms with E-state index in [4.69, 9.17) is 0 Å². The molecule has 0 aliphatic rings. The van der Waals surface area contributed by atoms with Crippen molar-refractivity contribution in [2.45, 2.75) is 24.3 Å². The maximum atomic E-state index is 12.5. The van der Waals surface area contributed by atoms with Gasteiger partial charge in [0.1, 0.15) is 0 Å². The van der Waals surface area contributed by atoms with Crippen LogP contribution in [0.1, 0.15) is 24.2 Å². The Balaban J connectivity index is 2.13. The number of carbonyl (C=O) groups is 1. The van der Waals surface area contributed by atoms with Gasteiger partial charge < -0.3 is 10.2 Å². The lowest BCUT2D eigenvalue weighted by Gasteiger charge is -2.21. The first kappa shape index (κ1) is 20.8. The Bertz CT molecular complexity index is 889.